The topological polar surface area (TPSA) is 79.3 Å². The summed E-state index contributed by atoms with van der Waals surface area (Å²) >= 11 is 7.53. The molecule has 27 heavy (non-hydrogen) atoms. The van der Waals surface area contributed by atoms with Crippen LogP contribution in [0.5, 0.6) is 0 Å². The van der Waals surface area contributed by atoms with Gasteiger partial charge in [-0.2, -0.15) is 4.31 Å². The van der Waals surface area contributed by atoms with Gasteiger partial charge in [-0.3, -0.25) is 4.98 Å². The third-order valence-electron chi connectivity index (χ3n) is 4.26. The Morgan fingerprint density at radius 2 is 1.70 bits per heavy atom. The van der Waals surface area contributed by atoms with Crippen LogP contribution in [-0.2, 0) is 10.0 Å². The van der Waals surface area contributed by atoms with Gasteiger partial charge in [0.1, 0.15) is 10.6 Å². The highest BCUT2D eigenvalue weighted by Gasteiger charge is 2.30. The summed E-state index contributed by atoms with van der Waals surface area (Å²) in [4.78, 5) is 6.47. The molecule has 0 atom stereocenters. The van der Waals surface area contributed by atoms with Crippen molar-refractivity contribution in [2.45, 2.75) is 4.90 Å². The Bertz CT molecular complexity index is 1030. The molecule has 0 saturated carbocycles. The van der Waals surface area contributed by atoms with Crippen LogP contribution in [0.25, 0.3) is 10.7 Å². The van der Waals surface area contributed by atoms with Crippen molar-refractivity contribution in [3.63, 3.8) is 0 Å². The molecule has 0 amide bonds. The molecule has 0 aliphatic carbocycles. The van der Waals surface area contributed by atoms with Crippen LogP contribution < -0.4 is 4.90 Å². The zero-order valence-corrected chi connectivity index (χ0v) is 16.6. The number of benzene rings is 1. The summed E-state index contributed by atoms with van der Waals surface area (Å²) in [6, 6.07) is 12.2. The van der Waals surface area contributed by atoms with E-state index in [0.717, 1.165) is 15.8 Å². The molecule has 1 saturated heterocycles. The molecule has 0 N–H and O–H groups in total. The van der Waals surface area contributed by atoms with Gasteiger partial charge in [0.15, 0.2) is 5.01 Å². The predicted molar refractivity (Wildman–Crippen MR) is 106 cm³/mol. The molecule has 0 radical (unpaired) electrons. The van der Waals surface area contributed by atoms with E-state index in [2.05, 4.69) is 15.2 Å². The SMILES string of the molecule is O=S(=O)(c1ccccc1Cl)N1CCN(c2nnc(-c3ccccn3)s2)CC1. The van der Waals surface area contributed by atoms with E-state index in [1.54, 1.807) is 24.4 Å². The minimum absolute atomic E-state index is 0.147. The highest BCUT2D eigenvalue weighted by molar-refractivity contribution is 7.89. The summed E-state index contributed by atoms with van der Waals surface area (Å²) in [6.07, 6.45) is 1.72. The van der Waals surface area contributed by atoms with Gasteiger partial charge in [0.2, 0.25) is 15.2 Å². The average molecular weight is 422 g/mol. The minimum atomic E-state index is -3.60. The largest absolute Gasteiger partial charge is 0.344 e. The van der Waals surface area contributed by atoms with Gasteiger partial charge < -0.3 is 4.90 Å². The molecular formula is C17H16ClN5O2S2. The second-order valence-corrected chi connectivity index (χ2v) is 9.20. The Morgan fingerprint density at radius 3 is 2.41 bits per heavy atom. The number of halogens is 1. The van der Waals surface area contributed by atoms with E-state index in [9.17, 15) is 8.42 Å². The fourth-order valence-corrected chi connectivity index (χ4v) is 5.64. The first-order valence-corrected chi connectivity index (χ1v) is 10.9. The number of pyridine rings is 1. The number of hydrogen-bond acceptors (Lipinski definition) is 7. The molecule has 1 fully saturated rings. The number of rotatable bonds is 4. The van der Waals surface area contributed by atoms with Crippen molar-refractivity contribution in [3.8, 4) is 10.7 Å². The molecule has 3 heterocycles. The standard InChI is InChI=1S/C17H16ClN5O2S2/c18-13-5-1-2-7-15(13)27(24,25)23-11-9-22(10-12-23)17-21-20-16(26-17)14-6-3-4-8-19-14/h1-8H,9-12H2. The van der Waals surface area contributed by atoms with Gasteiger partial charge in [-0.15, -0.1) is 10.2 Å². The van der Waals surface area contributed by atoms with Crippen molar-refractivity contribution in [1.29, 1.82) is 0 Å². The summed E-state index contributed by atoms with van der Waals surface area (Å²) in [5, 5.41) is 10.2. The smallest absolute Gasteiger partial charge is 0.244 e. The molecule has 2 aromatic heterocycles. The first-order valence-electron chi connectivity index (χ1n) is 8.30. The molecule has 3 aromatic rings. The lowest BCUT2D eigenvalue weighted by molar-refractivity contribution is 0.384. The summed E-state index contributed by atoms with van der Waals surface area (Å²) < 4.78 is 27.1. The Kier molecular flexibility index (Phi) is 5.09. The van der Waals surface area contributed by atoms with Crippen molar-refractivity contribution in [2.24, 2.45) is 0 Å². The monoisotopic (exact) mass is 421 g/mol. The van der Waals surface area contributed by atoms with Crippen LogP contribution in [-0.4, -0.2) is 54.1 Å². The second-order valence-electron chi connectivity index (χ2n) is 5.93. The molecule has 1 aromatic carbocycles. The number of anilines is 1. The Hall–Kier alpha value is -2.07. The Labute approximate surface area is 166 Å². The molecule has 10 heteroatoms. The number of sulfonamides is 1. The van der Waals surface area contributed by atoms with E-state index in [0.29, 0.717) is 26.2 Å². The van der Waals surface area contributed by atoms with Gasteiger partial charge in [-0.05, 0) is 24.3 Å². The number of aromatic nitrogens is 3. The molecule has 1 aliphatic heterocycles. The second kappa shape index (κ2) is 7.51. The maximum Gasteiger partial charge on any atom is 0.244 e. The highest BCUT2D eigenvalue weighted by Crippen LogP contribution is 2.29. The van der Waals surface area contributed by atoms with Gasteiger partial charge in [0.25, 0.3) is 0 Å². The van der Waals surface area contributed by atoms with Gasteiger partial charge >= 0.3 is 0 Å². The van der Waals surface area contributed by atoms with E-state index >= 15 is 0 Å². The highest BCUT2D eigenvalue weighted by atomic mass is 35.5. The quantitative estimate of drug-likeness (QED) is 0.644. The van der Waals surface area contributed by atoms with E-state index in [1.807, 2.05) is 23.1 Å². The Balaban J connectivity index is 1.47. The van der Waals surface area contributed by atoms with Gasteiger partial charge in [-0.1, -0.05) is 41.1 Å². The van der Waals surface area contributed by atoms with E-state index < -0.39 is 10.0 Å². The molecule has 7 nitrogen and oxygen atoms in total. The van der Waals surface area contributed by atoms with Crippen molar-refractivity contribution in [1.82, 2.24) is 19.5 Å². The number of piperazine rings is 1. The predicted octanol–water partition coefficient (Wildman–Crippen LogP) is 2.76. The van der Waals surface area contributed by atoms with Crippen LogP contribution >= 0.6 is 22.9 Å². The lowest BCUT2D eigenvalue weighted by atomic mass is 10.4. The maximum atomic E-state index is 12.8. The number of hydrogen-bond donors (Lipinski definition) is 0. The molecule has 0 unspecified atom stereocenters. The first-order chi connectivity index (χ1) is 13.1. The fourth-order valence-electron chi connectivity index (χ4n) is 2.85. The summed E-state index contributed by atoms with van der Waals surface area (Å²) in [5.74, 6) is 0. The van der Waals surface area contributed by atoms with Crippen LogP contribution in [0.3, 0.4) is 0 Å². The van der Waals surface area contributed by atoms with E-state index in [4.69, 9.17) is 11.6 Å². The molecular weight excluding hydrogens is 406 g/mol. The maximum absolute atomic E-state index is 12.8. The van der Waals surface area contributed by atoms with Crippen molar-refractivity contribution < 1.29 is 8.42 Å². The fraction of sp³-hybridized carbons (Fsp3) is 0.235. The van der Waals surface area contributed by atoms with Crippen molar-refractivity contribution >= 4 is 38.1 Å². The summed E-state index contributed by atoms with van der Waals surface area (Å²) in [5.41, 5.74) is 0.779. The molecule has 0 bridgehead atoms. The van der Waals surface area contributed by atoms with Gasteiger partial charge in [-0.25, -0.2) is 8.42 Å². The van der Waals surface area contributed by atoms with E-state index in [1.165, 1.54) is 21.7 Å². The van der Waals surface area contributed by atoms with Crippen LogP contribution in [0.1, 0.15) is 0 Å². The average Bonchev–Trinajstić information content (AvgIpc) is 3.19. The summed E-state index contributed by atoms with van der Waals surface area (Å²) in [7, 11) is -3.60. The van der Waals surface area contributed by atoms with Crippen LogP contribution in [0.2, 0.25) is 5.02 Å². The molecule has 4 rings (SSSR count). The van der Waals surface area contributed by atoms with Crippen molar-refractivity contribution in [3.05, 3.63) is 53.7 Å². The minimum Gasteiger partial charge on any atom is -0.344 e. The third-order valence-corrected chi connectivity index (χ3v) is 7.67. The zero-order chi connectivity index (χ0) is 18.9. The summed E-state index contributed by atoms with van der Waals surface area (Å²) in [6.45, 7) is 1.82. The van der Waals surface area contributed by atoms with Crippen molar-refractivity contribution in [2.75, 3.05) is 31.1 Å². The zero-order valence-electron chi connectivity index (χ0n) is 14.2. The normalized spacial score (nSPS) is 15.8. The van der Waals surface area contributed by atoms with Crippen LogP contribution in [0, 0.1) is 0 Å². The first kappa shape index (κ1) is 18.3. The Morgan fingerprint density at radius 1 is 0.963 bits per heavy atom. The van der Waals surface area contributed by atoms with Crippen LogP contribution in [0.4, 0.5) is 5.13 Å². The van der Waals surface area contributed by atoms with Crippen LogP contribution in [0.15, 0.2) is 53.6 Å². The molecule has 0 spiro atoms. The lowest BCUT2D eigenvalue weighted by Crippen LogP contribution is -2.48. The lowest BCUT2D eigenvalue weighted by Gasteiger charge is -2.33. The molecule has 140 valence electrons. The molecule has 1 aliphatic rings. The third kappa shape index (κ3) is 3.68. The van der Waals surface area contributed by atoms with Gasteiger partial charge in [0, 0.05) is 32.4 Å². The van der Waals surface area contributed by atoms with Gasteiger partial charge in [0.05, 0.1) is 5.02 Å². The number of nitrogens with zero attached hydrogens (tertiary/aromatic N) is 5. The van der Waals surface area contributed by atoms with E-state index in [-0.39, 0.29) is 9.92 Å².